The summed E-state index contributed by atoms with van der Waals surface area (Å²) in [6, 6.07) is 9.17. The lowest BCUT2D eigenvalue weighted by atomic mass is 10.2. The van der Waals surface area contributed by atoms with E-state index in [0.29, 0.717) is 22.7 Å². The Morgan fingerprint density at radius 2 is 1.68 bits per heavy atom. The van der Waals surface area contributed by atoms with Gasteiger partial charge in [0.2, 0.25) is 0 Å². The first-order chi connectivity index (χ1) is 11.7. The maximum Gasteiger partial charge on any atom is 0.265 e. The molecule has 3 rings (SSSR count). The smallest absolute Gasteiger partial charge is 0.265 e. The van der Waals surface area contributed by atoms with Gasteiger partial charge in [-0.1, -0.05) is 22.9 Å². The lowest BCUT2D eigenvalue weighted by Gasteiger charge is -2.20. The fraction of sp³-hybridized carbons (Fsp3) is 0.278. The van der Waals surface area contributed by atoms with Gasteiger partial charge in [0.1, 0.15) is 4.90 Å². The van der Waals surface area contributed by atoms with Crippen molar-refractivity contribution in [3.63, 3.8) is 0 Å². The predicted molar refractivity (Wildman–Crippen MR) is 101 cm³/mol. The molecule has 3 aromatic rings. The minimum absolute atomic E-state index is 0.286. The average Bonchev–Trinajstić information content (AvgIpc) is 3.10. The van der Waals surface area contributed by atoms with Gasteiger partial charge in [-0.25, -0.2) is 8.42 Å². The van der Waals surface area contributed by atoms with E-state index in [0.717, 1.165) is 15.3 Å². The zero-order valence-electron chi connectivity index (χ0n) is 14.8. The van der Waals surface area contributed by atoms with Crippen molar-refractivity contribution in [2.24, 2.45) is 0 Å². The highest BCUT2D eigenvalue weighted by Gasteiger charge is 2.31. The highest BCUT2D eigenvalue weighted by atomic mass is 32.2. The van der Waals surface area contributed by atoms with E-state index in [-0.39, 0.29) is 4.90 Å². The molecule has 0 saturated carbocycles. The minimum atomic E-state index is -3.73. The Labute approximate surface area is 151 Å². The van der Waals surface area contributed by atoms with E-state index in [1.165, 1.54) is 15.6 Å². The van der Waals surface area contributed by atoms with Gasteiger partial charge in [0.25, 0.3) is 10.0 Å². The lowest BCUT2D eigenvalue weighted by Crippen LogP contribution is -2.27. The van der Waals surface area contributed by atoms with Crippen LogP contribution in [-0.4, -0.2) is 20.6 Å². The number of aromatic nitrogens is 1. The molecule has 0 amide bonds. The largest absolute Gasteiger partial charge is 0.356 e. The third kappa shape index (κ3) is 3.09. The Morgan fingerprint density at radius 1 is 1.04 bits per heavy atom. The Hall–Kier alpha value is -2.12. The first-order valence-corrected chi connectivity index (χ1v) is 10.1. The number of nitrogens with zero attached hydrogens (tertiary/aromatic N) is 2. The van der Waals surface area contributed by atoms with Crippen molar-refractivity contribution in [2.75, 3.05) is 11.4 Å². The Kier molecular flexibility index (Phi) is 4.47. The number of sulfonamides is 1. The first-order valence-electron chi connectivity index (χ1n) is 7.81. The molecule has 0 unspecified atom stereocenters. The predicted octanol–water partition coefficient (Wildman–Crippen LogP) is 4.46. The van der Waals surface area contributed by atoms with Gasteiger partial charge in [0.05, 0.1) is 16.9 Å². The van der Waals surface area contributed by atoms with Crippen LogP contribution >= 0.6 is 11.3 Å². The van der Waals surface area contributed by atoms with E-state index in [4.69, 9.17) is 4.52 Å². The van der Waals surface area contributed by atoms with Crippen LogP contribution in [0.4, 0.5) is 5.69 Å². The zero-order valence-corrected chi connectivity index (χ0v) is 16.5. The van der Waals surface area contributed by atoms with Crippen molar-refractivity contribution in [1.82, 2.24) is 5.16 Å². The van der Waals surface area contributed by atoms with Crippen LogP contribution in [0, 0.1) is 27.7 Å². The Morgan fingerprint density at radius 3 is 2.24 bits per heavy atom. The molecular formula is C18H20N2O3S2. The molecule has 7 heteroatoms. The van der Waals surface area contributed by atoms with Gasteiger partial charge in [0, 0.05) is 22.9 Å². The van der Waals surface area contributed by atoms with Crippen molar-refractivity contribution in [3.8, 4) is 11.3 Å². The summed E-state index contributed by atoms with van der Waals surface area (Å²) in [5.41, 5.74) is 3.01. The molecule has 0 saturated heterocycles. The normalized spacial score (nSPS) is 11.7. The van der Waals surface area contributed by atoms with Gasteiger partial charge in [0.15, 0.2) is 5.76 Å². The van der Waals surface area contributed by atoms with Crippen LogP contribution in [0.25, 0.3) is 11.3 Å². The van der Waals surface area contributed by atoms with Gasteiger partial charge < -0.3 is 4.52 Å². The lowest BCUT2D eigenvalue weighted by molar-refractivity contribution is 0.426. The van der Waals surface area contributed by atoms with E-state index in [1.54, 1.807) is 25.2 Å². The summed E-state index contributed by atoms with van der Waals surface area (Å²) in [6.45, 7) is 7.50. The Balaban J connectivity index is 2.16. The summed E-state index contributed by atoms with van der Waals surface area (Å²) in [5.74, 6) is 0.482. The number of rotatable bonds is 4. The van der Waals surface area contributed by atoms with Gasteiger partial charge in [-0.3, -0.25) is 4.31 Å². The average molecular weight is 377 g/mol. The fourth-order valence-electron chi connectivity index (χ4n) is 2.77. The molecule has 0 atom stereocenters. The summed E-state index contributed by atoms with van der Waals surface area (Å²) in [5, 5.41) is 3.90. The second-order valence-corrected chi connectivity index (χ2v) is 9.39. The van der Waals surface area contributed by atoms with Crippen molar-refractivity contribution in [3.05, 3.63) is 51.3 Å². The zero-order chi connectivity index (χ0) is 18.4. The summed E-state index contributed by atoms with van der Waals surface area (Å²) < 4.78 is 33.3. The molecule has 0 N–H and O–H groups in total. The van der Waals surface area contributed by atoms with E-state index in [9.17, 15) is 8.42 Å². The number of anilines is 1. The SMILES string of the molecule is Cc1ccc(N(C)S(=O)(=O)c2c(C)sc(C)c2-c2cc(C)no2)cc1. The molecule has 2 heterocycles. The molecule has 0 bridgehead atoms. The third-order valence-corrected chi connectivity index (χ3v) is 7.20. The van der Waals surface area contributed by atoms with Gasteiger partial charge in [-0.05, 0) is 39.8 Å². The highest BCUT2D eigenvalue weighted by molar-refractivity contribution is 7.93. The van der Waals surface area contributed by atoms with Gasteiger partial charge in [-0.15, -0.1) is 11.3 Å². The monoisotopic (exact) mass is 376 g/mol. The van der Waals surface area contributed by atoms with Crippen molar-refractivity contribution >= 4 is 27.0 Å². The number of hydrogen-bond acceptors (Lipinski definition) is 5. The third-order valence-electron chi connectivity index (χ3n) is 4.10. The van der Waals surface area contributed by atoms with E-state index in [2.05, 4.69) is 5.16 Å². The molecule has 132 valence electrons. The second-order valence-electron chi connectivity index (χ2n) is 6.06. The van der Waals surface area contributed by atoms with Crippen LogP contribution in [-0.2, 0) is 10.0 Å². The number of benzene rings is 1. The van der Waals surface area contributed by atoms with Crippen LogP contribution in [0.3, 0.4) is 0 Å². The van der Waals surface area contributed by atoms with Crippen LogP contribution < -0.4 is 4.31 Å². The summed E-state index contributed by atoms with van der Waals surface area (Å²) in [7, 11) is -2.16. The molecule has 5 nitrogen and oxygen atoms in total. The molecular weight excluding hydrogens is 356 g/mol. The topological polar surface area (TPSA) is 63.4 Å². The quantitative estimate of drug-likeness (QED) is 0.674. The highest BCUT2D eigenvalue weighted by Crippen LogP contribution is 2.41. The molecule has 0 aliphatic carbocycles. The van der Waals surface area contributed by atoms with E-state index >= 15 is 0 Å². The maximum atomic E-state index is 13.3. The fourth-order valence-corrected chi connectivity index (χ4v) is 5.78. The van der Waals surface area contributed by atoms with Gasteiger partial charge in [-0.2, -0.15) is 0 Å². The van der Waals surface area contributed by atoms with Crippen molar-refractivity contribution < 1.29 is 12.9 Å². The molecule has 0 spiro atoms. The van der Waals surface area contributed by atoms with Crippen LogP contribution in [0.2, 0.25) is 0 Å². The molecule has 0 aliphatic rings. The summed E-state index contributed by atoms with van der Waals surface area (Å²) in [6.07, 6.45) is 0. The molecule has 1 aromatic carbocycles. The molecule has 0 radical (unpaired) electrons. The maximum absolute atomic E-state index is 13.3. The number of hydrogen-bond donors (Lipinski definition) is 0. The second kappa shape index (κ2) is 6.31. The summed E-state index contributed by atoms with van der Waals surface area (Å²) >= 11 is 1.45. The van der Waals surface area contributed by atoms with Crippen LogP contribution in [0.5, 0.6) is 0 Å². The van der Waals surface area contributed by atoms with Crippen LogP contribution in [0.1, 0.15) is 21.0 Å². The number of thiophene rings is 1. The molecule has 0 fully saturated rings. The van der Waals surface area contributed by atoms with Gasteiger partial charge >= 0.3 is 0 Å². The van der Waals surface area contributed by atoms with Crippen LogP contribution in [0.15, 0.2) is 39.8 Å². The Bertz CT molecular complexity index is 1020. The molecule has 25 heavy (non-hydrogen) atoms. The van der Waals surface area contributed by atoms with Crippen molar-refractivity contribution in [1.29, 1.82) is 0 Å². The standard InChI is InChI=1S/C18H20N2O3S2/c1-11-6-8-15(9-7-11)20(5)25(21,22)18-14(4)24-13(3)17(18)16-10-12(2)19-23-16/h6-10H,1-5H3. The number of aryl methyl sites for hydroxylation is 4. The van der Waals surface area contributed by atoms with E-state index < -0.39 is 10.0 Å². The summed E-state index contributed by atoms with van der Waals surface area (Å²) in [4.78, 5) is 1.92. The first kappa shape index (κ1) is 17.7. The van der Waals surface area contributed by atoms with E-state index in [1.807, 2.05) is 39.8 Å². The molecule has 0 aliphatic heterocycles. The molecule has 2 aromatic heterocycles. The minimum Gasteiger partial charge on any atom is -0.356 e. The van der Waals surface area contributed by atoms with Crippen molar-refractivity contribution in [2.45, 2.75) is 32.6 Å².